The molecular weight excluding hydrogens is 344 g/mol. The summed E-state index contributed by atoms with van der Waals surface area (Å²) in [5.41, 5.74) is 1.26. The van der Waals surface area contributed by atoms with Crippen LogP contribution in [0.25, 0.3) is 0 Å². The van der Waals surface area contributed by atoms with Crippen LogP contribution in [0.2, 0.25) is 0 Å². The molecule has 1 aromatic rings. The van der Waals surface area contributed by atoms with Crippen LogP contribution in [0.3, 0.4) is 0 Å². The molecule has 2 saturated heterocycles. The molecular formula is C17H23BrN2O2. The Morgan fingerprint density at radius 2 is 1.95 bits per heavy atom. The van der Waals surface area contributed by atoms with E-state index in [9.17, 15) is 9.90 Å². The zero-order valence-corrected chi connectivity index (χ0v) is 14.5. The Morgan fingerprint density at radius 3 is 2.59 bits per heavy atom. The summed E-state index contributed by atoms with van der Waals surface area (Å²) >= 11 is 3.47. The number of benzene rings is 1. The van der Waals surface area contributed by atoms with Crippen molar-refractivity contribution in [3.63, 3.8) is 0 Å². The lowest BCUT2D eigenvalue weighted by molar-refractivity contribution is -0.134. The number of amides is 1. The maximum atomic E-state index is 11.8. The molecule has 1 aromatic carbocycles. The summed E-state index contributed by atoms with van der Waals surface area (Å²) < 4.78 is 1.07. The van der Waals surface area contributed by atoms with E-state index in [4.69, 9.17) is 0 Å². The Labute approximate surface area is 140 Å². The van der Waals surface area contributed by atoms with Crippen LogP contribution in [-0.4, -0.2) is 59.1 Å². The van der Waals surface area contributed by atoms with Crippen molar-refractivity contribution in [2.75, 3.05) is 26.2 Å². The van der Waals surface area contributed by atoms with E-state index in [1.165, 1.54) is 5.56 Å². The van der Waals surface area contributed by atoms with Gasteiger partial charge >= 0.3 is 0 Å². The number of halogens is 1. The van der Waals surface area contributed by atoms with Gasteiger partial charge in [-0.2, -0.15) is 0 Å². The molecule has 120 valence electrons. The third-order valence-electron chi connectivity index (χ3n) is 5.07. The molecule has 0 aromatic heterocycles. The van der Waals surface area contributed by atoms with Gasteiger partial charge in [0.2, 0.25) is 5.91 Å². The predicted molar refractivity (Wildman–Crippen MR) is 89.7 cm³/mol. The average molecular weight is 367 g/mol. The first-order chi connectivity index (χ1) is 10.6. The van der Waals surface area contributed by atoms with E-state index >= 15 is 0 Å². The fraction of sp³-hybridized carbons (Fsp3) is 0.588. The fourth-order valence-electron chi connectivity index (χ4n) is 3.91. The summed E-state index contributed by atoms with van der Waals surface area (Å²) in [5, 5.41) is 9.82. The Hall–Kier alpha value is -0.910. The zero-order chi connectivity index (χ0) is 15.7. The molecule has 0 spiro atoms. The zero-order valence-electron chi connectivity index (χ0n) is 12.9. The highest BCUT2D eigenvalue weighted by Crippen LogP contribution is 2.42. The first-order valence-electron chi connectivity index (χ1n) is 7.99. The highest BCUT2D eigenvalue weighted by molar-refractivity contribution is 9.10. The molecule has 5 heteroatoms. The van der Waals surface area contributed by atoms with Crippen molar-refractivity contribution in [1.29, 1.82) is 0 Å². The minimum absolute atomic E-state index is 0.156. The predicted octanol–water partition coefficient (Wildman–Crippen LogP) is 2.22. The molecule has 0 bridgehead atoms. The maximum absolute atomic E-state index is 11.8. The Kier molecular flexibility index (Phi) is 4.85. The molecule has 3 atom stereocenters. The largest absolute Gasteiger partial charge is 0.395 e. The number of fused-ring (bicyclic) bond motifs is 1. The summed E-state index contributed by atoms with van der Waals surface area (Å²) in [6.07, 6.45) is 2.13. The lowest BCUT2D eigenvalue weighted by Crippen LogP contribution is -2.67. The van der Waals surface area contributed by atoms with Crippen molar-refractivity contribution in [2.45, 2.75) is 37.8 Å². The maximum Gasteiger partial charge on any atom is 0.219 e. The molecule has 0 unspecified atom stereocenters. The van der Waals surface area contributed by atoms with E-state index in [-0.39, 0.29) is 18.6 Å². The van der Waals surface area contributed by atoms with Gasteiger partial charge in [0, 0.05) is 42.5 Å². The van der Waals surface area contributed by atoms with E-state index in [2.05, 4.69) is 45.1 Å². The van der Waals surface area contributed by atoms with Crippen molar-refractivity contribution < 1.29 is 9.90 Å². The van der Waals surface area contributed by atoms with E-state index in [0.29, 0.717) is 12.0 Å². The third-order valence-corrected chi connectivity index (χ3v) is 5.60. The molecule has 22 heavy (non-hydrogen) atoms. The quantitative estimate of drug-likeness (QED) is 0.872. The van der Waals surface area contributed by atoms with Crippen LogP contribution in [0, 0.1) is 0 Å². The molecule has 2 aliphatic rings. The smallest absolute Gasteiger partial charge is 0.219 e. The average Bonchev–Trinajstić information content (AvgIpc) is 2.47. The summed E-state index contributed by atoms with van der Waals surface area (Å²) in [4.78, 5) is 16.2. The minimum atomic E-state index is 0.156. The first-order valence-corrected chi connectivity index (χ1v) is 8.78. The van der Waals surface area contributed by atoms with Crippen LogP contribution in [-0.2, 0) is 4.79 Å². The monoisotopic (exact) mass is 366 g/mol. The van der Waals surface area contributed by atoms with Crippen LogP contribution >= 0.6 is 15.9 Å². The van der Waals surface area contributed by atoms with Crippen molar-refractivity contribution >= 4 is 21.8 Å². The van der Waals surface area contributed by atoms with Crippen molar-refractivity contribution in [2.24, 2.45) is 0 Å². The van der Waals surface area contributed by atoms with Gasteiger partial charge in [-0.05, 0) is 37.1 Å². The Bertz CT molecular complexity index is 534. The van der Waals surface area contributed by atoms with Gasteiger partial charge in [-0.3, -0.25) is 9.69 Å². The second-order valence-electron chi connectivity index (χ2n) is 6.30. The molecule has 1 N–H and O–H groups in total. The van der Waals surface area contributed by atoms with Crippen LogP contribution in [0.15, 0.2) is 28.7 Å². The van der Waals surface area contributed by atoms with Gasteiger partial charge in [-0.15, -0.1) is 0 Å². The van der Waals surface area contributed by atoms with Crippen LogP contribution in [0.1, 0.15) is 31.2 Å². The van der Waals surface area contributed by atoms with E-state index in [1.807, 2.05) is 4.90 Å². The van der Waals surface area contributed by atoms with Gasteiger partial charge in [0.25, 0.3) is 0 Å². The molecule has 3 rings (SSSR count). The normalized spacial score (nSPS) is 29.2. The second kappa shape index (κ2) is 6.69. The summed E-state index contributed by atoms with van der Waals surface area (Å²) in [6.45, 7) is 4.48. The Morgan fingerprint density at radius 1 is 1.27 bits per heavy atom. The van der Waals surface area contributed by atoms with Crippen LogP contribution < -0.4 is 0 Å². The van der Waals surface area contributed by atoms with Gasteiger partial charge < -0.3 is 10.0 Å². The first kappa shape index (κ1) is 16.0. The molecule has 2 fully saturated rings. The number of aliphatic hydroxyl groups excluding tert-OH is 1. The van der Waals surface area contributed by atoms with Gasteiger partial charge in [-0.25, -0.2) is 0 Å². The number of aliphatic hydroxyl groups is 1. The summed E-state index contributed by atoms with van der Waals surface area (Å²) in [5.74, 6) is 0.460. The van der Waals surface area contributed by atoms with Crippen LogP contribution in [0.4, 0.5) is 0 Å². The number of nitrogens with zero attached hydrogens (tertiary/aromatic N) is 2. The number of carbonyl (C=O) groups is 1. The number of carbonyl (C=O) groups excluding carboxylic acids is 1. The minimum Gasteiger partial charge on any atom is -0.395 e. The van der Waals surface area contributed by atoms with Gasteiger partial charge in [-0.1, -0.05) is 28.1 Å². The number of hydrogen-bond donors (Lipinski definition) is 1. The number of hydrogen-bond acceptors (Lipinski definition) is 3. The number of rotatable bonds is 2. The van der Waals surface area contributed by atoms with Gasteiger partial charge in [0.1, 0.15) is 0 Å². The molecule has 2 heterocycles. The highest BCUT2D eigenvalue weighted by Gasteiger charge is 2.49. The van der Waals surface area contributed by atoms with Gasteiger partial charge in [0.05, 0.1) is 6.61 Å². The standard InChI is InChI=1S/C17H23BrN2O2/c1-12(22)19-8-2-3-9-20-15(10-19)17(16(20)11-21)13-4-6-14(18)7-5-13/h4-7,15-17,21H,2-3,8-11H2,1H3/t15-,16+,17-/m0/s1. The summed E-state index contributed by atoms with van der Waals surface area (Å²) in [7, 11) is 0. The van der Waals surface area contributed by atoms with Crippen LogP contribution in [0.5, 0.6) is 0 Å². The van der Waals surface area contributed by atoms with E-state index in [0.717, 1.165) is 36.9 Å². The topological polar surface area (TPSA) is 43.8 Å². The molecule has 4 nitrogen and oxygen atoms in total. The van der Waals surface area contributed by atoms with Crippen molar-refractivity contribution in [3.05, 3.63) is 34.3 Å². The molecule has 1 amide bonds. The molecule has 0 aliphatic carbocycles. The molecule has 0 radical (unpaired) electrons. The van der Waals surface area contributed by atoms with Gasteiger partial charge in [0.15, 0.2) is 0 Å². The van der Waals surface area contributed by atoms with Crippen molar-refractivity contribution in [1.82, 2.24) is 9.80 Å². The highest BCUT2D eigenvalue weighted by atomic mass is 79.9. The second-order valence-corrected chi connectivity index (χ2v) is 7.22. The third kappa shape index (κ3) is 2.94. The Balaban J connectivity index is 1.84. The molecule has 2 aliphatic heterocycles. The van der Waals surface area contributed by atoms with Crippen molar-refractivity contribution in [3.8, 4) is 0 Å². The molecule has 0 saturated carbocycles. The van der Waals surface area contributed by atoms with E-state index in [1.54, 1.807) is 6.92 Å². The SMILES string of the molecule is CC(=O)N1CCCCN2[C@H](CO)[C@@H](c3ccc(Br)cc3)[C@@H]2C1. The lowest BCUT2D eigenvalue weighted by atomic mass is 9.74. The lowest BCUT2D eigenvalue weighted by Gasteiger charge is -2.57. The fourth-order valence-corrected chi connectivity index (χ4v) is 4.18. The van der Waals surface area contributed by atoms with E-state index < -0.39 is 0 Å². The summed E-state index contributed by atoms with van der Waals surface area (Å²) in [6, 6.07) is 8.87.